The molecule has 2 N–H and O–H groups in total. The van der Waals surface area contributed by atoms with Gasteiger partial charge in [0.2, 0.25) is 0 Å². The zero-order chi connectivity index (χ0) is 7.98. The molecule has 0 rings (SSSR count). The molecule has 0 unspecified atom stereocenters. The molecule has 0 aliphatic rings. The van der Waals surface area contributed by atoms with Crippen LogP contribution in [-0.2, 0) is 4.79 Å². The van der Waals surface area contributed by atoms with Gasteiger partial charge in [-0.2, -0.15) is 0 Å². The van der Waals surface area contributed by atoms with E-state index in [-0.39, 0.29) is 0 Å². The maximum atomic E-state index is 10.7. The second kappa shape index (κ2) is 4.99. The van der Waals surface area contributed by atoms with E-state index in [0.717, 1.165) is 6.42 Å². The van der Waals surface area contributed by atoms with E-state index in [4.69, 9.17) is 5.21 Å². The number of hydroxylamine groups is 1. The number of hydrogen-bond acceptors (Lipinski definition) is 2. The highest BCUT2D eigenvalue weighted by Gasteiger charge is 2.02. The number of hydrogen-bond donors (Lipinski definition) is 2. The van der Waals surface area contributed by atoms with Crippen molar-refractivity contribution in [1.29, 1.82) is 0 Å². The summed E-state index contributed by atoms with van der Waals surface area (Å²) in [5, 5.41) is 8.22. The Morgan fingerprint density at radius 3 is 2.50 bits per heavy atom. The lowest BCUT2D eigenvalue weighted by atomic mass is 10.1. The van der Waals surface area contributed by atoms with Crippen LogP contribution in [0.4, 0.5) is 0 Å². The molecular formula is C7H13NO2. The van der Waals surface area contributed by atoms with E-state index in [2.05, 4.69) is 0 Å². The van der Waals surface area contributed by atoms with Crippen molar-refractivity contribution in [2.45, 2.75) is 26.7 Å². The highest BCUT2D eigenvalue weighted by atomic mass is 16.5. The van der Waals surface area contributed by atoms with E-state index in [1.54, 1.807) is 11.6 Å². The van der Waals surface area contributed by atoms with E-state index in [1.807, 2.05) is 13.8 Å². The summed E-state index contributed by atoms with van der Waals surface area (Å²) in [4.78, 5) is 10.7. The molecule has 58 valence electrons. The Labute approximate surface area is 60.7 Å². The van der Waals surface area contributed by atoms with Crippen molar-refractivity contribution in [2.24, 2.45) is 0 Å². The summed E-state index contributed by atoms with van der Waals surface area (Å²) in [5.41, 5.74) is 2.22. The lowest BCUT2D eigenvalue weighted by Crippen LogP contribution is -2.20. The third kappa shape index (κ3) is 2.64. The molecule has 0 aromatic carbocycles. The number of nitrogens with one attached hydrogen (secondary N) is 1. The standard InChI is InChI=1S/C7H13NO2/c1-3-5-6(4-2)7(9)8-10/h5,10H,3-4H2,1-2H3,(H,8,9)/b6-5-. The number of allylic oxidation sites excluding steroid dienone is 1. The maximum Gasteiger partial charge on any atom is 0.270 e. The van der Waals surface area contributed by atoms with Crippen molar-refractivity contribution in [1.82, 2.24) is 5.48 Å². The highest BCUT2D eigenvalue weighted by Crippen LogP contribution is 2.00. The van der Waals surface area contributed by atoms with Gasteiger partial charge in [0.1, 0.15) is 0 Å². The first kappa shape index (κ1) is 9.17. The zero-order valence-electron chi connectivity index (χ0n) is 6.35. The van der Waals surface area contributed by atoms with Crippen molar-refractivity contribution in [3.8, 4) is 0 Å². The summed E-state index contributed by atoms with van der Waals surface area (Å²) in [7, 11) is 0. The van der Waals surface area contributed by atoms with Crippen LogP contribution < -0.4 is 5.48 Å². The minimum absolute atomic E-state index is 0.399. The van der Waals surface area contributed by atoms with E-state index in [9.17, 15) is 4.79 Å². The number of carbonyl (C=O) groups excluding carboxylic acids is 1. The molecule has 3 nitrogen and oxygen atoms in total. The van der Waals surface area contributed by atoms with Crippen LogP contribution in [0, 0.1) is 0 Å². The molecule has 0 aromatic heterocycles. The van der Waals surface area contributed by atoms with Gasteiger partial charge in [0.15, 0.2) is 0 Å². The minimum atomic E-state index is -0.399. The fraction of sp³-hybridized carbons (Fsp3) is 0.571. The Kier molecular flexibility index (Phi) is 4.58. The molecule has 0 heterocycles. The number of amides is 1. The fourth-order valence-corrected chi connectivity index (χ4v) is 0.716. The molecule has 0 fully saturated rings. The van der Waals surface area contributed by atoms with Crippen LogP contribution in [0.15, 0.2) is 11.6 Å². The van der Waals surface area contributed by atoms with Gasteiger partial charge in [0.25, 0.3) is 5.91 Å². The first-order chi connectivity index (χ1) is 4.76. The van der Waals surface area contributed by atoms with Crippen molar-refractivity contribution in [3.05, 3.63) is 11.6 Å². The Bertz CT molecular complexity index is 141. The van der Waals surface area contributed by atoms with Gasteiger partial charge in [-0.15, -0.1) is 0 Å². The van der Waals surface area contributed by atoms with Crippen LogP contribution in [0.25, 0.3) is 0 Å². The lowest BCUT2D eigenvalue weighted by Gasteiger charge is -1.99. The van der Waals surface area contributed by atoms with Crippen molar-refractivity contribution < 1.29 is 10.0 Å². The smallest absolute Gasteiger partial charge is 0.270 e. The van der Waals surface area contributed by atoms with Gasteiger partial charge in [-0.25, -0.2) is 5.48 Å². The molecule has 0 aromatic rings. The summed E-state index contributed by atoms with van der Waals surface area (Å²) in [6.07, 6.45) is 3.27. The van der Waals surface area contributed by atoms with Gasteiger partial charge in [-0.3, -0.25) is 10.0 Å². The van der Waals surface area contributed by atoms with Crippen molar-refractivity contribution >= 4 is 5.91 Å². The van der Waals surface area contributed by atoms with E-state index in [1.165, 1.54) is 0 Å². The van der Waals surface area contributed by atoms with Crippen molar-refractivity contribution in [3.63, 3.8) is 0 Å². The Morgan fingerprint density at radius 1 is 1.60 bits per heavy atom. The topological polar surface area (TPSA) is 49.3 Å². The van der Waals surface area contributed by atoms with Crippen LogP contribution in [-0.4, -0.2) is 11.1 Å². The molecular weight excluding hydrogens is 130 g/mol. The monoisotopic (exact) mass is 143 g/mol. The Hall–Kier alpha value is -0.830. The Morgan fingerprint density at radius 2 is 2.20 bits per heavy atom. The summed E-state index contributed by atoms with van der Waals surface area (Å²) < 4.78 is 0. The fourth-order valence-electron chi connectivity index (χ4n) is 0.716. The quantitative estimate of drug-likeness (QED) is 0.355. The van der Waals surface area contributed by atoms with Crippen LogP contribution in [0.5, 0.6) is 0 Å². The van der Waals surface area contributed by atoms with Gasteiger partial charge in [-0.05, 0) is 12.8 Å². The molecule has 0 saturated carbocycles. The Balaban J connectivity index is 4.06. The minimum Gasteiger partial charge on any atom is -0.288 e. The predicted octanol–water partition coefficient (Wildman–Crippen LogP) is 1.24. The van der Waals surface area contributed by atoms with Crippen LogP contribution >= 0.6 is 0 Å². The largest absolute Gasteiger partial charge is 0.288 e. The predicted molar refractivity (Wildman–Crippen MR) is 38.6 cm³/mol. The average Bonchev–Trinajstić information content (AvgIpc) is 1.99. The number of rotatable bonds is 3. The van der Waals surface area contributed by atoms with Gasteiger partial charge >= 0.3 is 0 Å². The molecule has 0 spiro atoms. The molecule has 10 heavy (non-hydrogen) atoms. The zero-order valence-corrected chi connectivity index (χ0v) is 6.35. The van der Waals surface area contributed by atoms with E-state index >= 15 is 0 Å². The summed E-state index contributed by atoms with van der Waals surface area (Å²) in [6, 6.07) is 0. The lowest BCUT2D eigenvalue weighted by molar-refractivity contribution is -0.125. The SMILES string of the molecule is CC/C=C(/CC)C(=O)NO. The average molecular weight is 143 g/mol. The first-order valence-electron chi connectivity index (χ1n) is 3.39. The molecule has 0 radical (unpaired) electrons. The first-order valence-corrected chi connectivity index (χ1v) is 3.39. The molecule has 3 heteroatoms. The van der Waals surface area contributed by atoms with Crippen LogP contribution in [0.2, 0.25) is 0 Å². The molecule has 1 amide bonds. The highest BCUT2D eigenvalue weighted by molar-refractivity contribution is 5.92. The second-order valence-corrected chi connectivity index (χ2v) is 1.93. The van der Waals surface area contributed by atoms with Crippen LogP contribution in [0.1, 0.15) is 26.7 Å². The maximum absolute atomic E-state index is 10.7. The summed E-state index contributed by atoms with van der Waals surface area (Å²) >= 11 is 0. The van der Waals surface area contributed by atoms with E-state index in [0.29, 0.717) is 12.0 Å². The van der Waals surface area contributed by atoms with Crippen LogP contribution in [0.3, 0.4) is 0 Å². The molecule has 0 saturated heterocycles. The molecule has 0 aliphatic heterocycles. The third-order valence-corrected chi connectivity index (χ3v) is 1.22. The summed E-state index contributed by atoms with van der Waals surface area (Å²) in [6.45, 7) is 3.82. The van der Waals surface area contributed by atoms with Gasteiger partial charge in [0, 0.05) is 5.57 Å². The van der Waals surface area contributed by atoms with Crippen molar-refractivity contribution in [2.75, 3.05) is 0 Å². The number of carbonyl (C=O) groups is 1. The second-order valence-electron chi connectivity index (χ2n) is 1.93. The third-order valence-electron chi connectivity index (χ3n) is 1.22. The molecule has 0 bridgehead atoms. The molecule has 0 atom stereocenters. The van der Waals surface area contributed by atoms with E-state index < -0.39 is 5.91 Å². The van der Waals surface area contributed by atoms with Gasteiger partial charge in [-0.1, -0.05) is 19.9 Å². The van der Waals surface area contributed by atoms with Gasteiger partial charge < -0.3 is 0 Å². The van der Waals surface area contributed by atoms with Gasteiger partial charge in [0.05, 0.1) is 0 Å². The normalized spacial score (nSPS) is 11.3. The molecule has 0 aliphatic carbocycles. The summed E-state index contributed by atoms with van der Waals surface area (Å²) in [5.74, 6) is -0.399.